The molecule has 1 atom stereocenters. The highest BCUT2D eigenvalue weighted by Crippen LogP contribution is 2.26. The van der Waals surface area contributed by atoms with Crippen LogP contribution in [0.3, 0.4) is 0 Å². The molecular weight excluding hydrogens is 351 g/mol. The summed E-state index contributed by atoms with van der Waals surface area (Å²) in [4.78, 5) is 18.3. The normalized spacial score (nSPS) is 17.1. The number of hydrogen-bond acceptors (Lipinski definition) is 5. The van der Waals surface area contributed by atoms with E-state index in [-0.39, 0.29) is 29.1 Å². The predicted molar refractivity (Wildman–Crippen MR) is 88.1 cm³/mol. The van der Waals surface area contributed by atoms with E-state index < -0.39 is 5.82 Å². The van der Waals surface area contributed by atoms with E-state index in [4.69, 9.17) is 25.5 Å². The van der Waals surface area contributed by atoms with Gasteiger partial charge in [-0.2, -0.15) is 0 Å². The molecule has 1 aromatic heterocycles. The molecule has 1 aliphatic heterocycles. The lowest BCUT2D eigenvalue weighted by atomic mass is 10.1. The van der Waals surface area contributed by atoms with Crippen LogP contribution >= 0.6 is 11.6 Å². The minimum Gasteiger partial charge on any atom is -0.482 e. The molecule has 0 spiro atoms. The molecule has 8 heteroatoms. The first kappa shape index (κ1) is 17.7. The number of likely N-dealkylation sites (tertiary alicyclic amines) is 1. The smallest absolute Gasteiger partial charge is 0.275 e. The minimum atomic E-state index is -0.446. The second-order valence-electron chi connectivity index (χ2n) is 5.85. The third-order valence-electron chi connectivity index (χ3n) is 3.99. The second kappa shape index (κ2) is 7.84. The Morgan fingerprint density at radius 1 is 1.52 bits per heavy atom. The molecule has 0 N–H and O–H groups in total. The van der Waals surface area contributed by atoms with E-state index in [1.54, 1.807) is 12.0 Å². The Morgan fingerprint density at radius 3 is 3.12 bits per heavy atom. The highest BCUT2D eigenvalue weighted by atomic mass is 35.5. The van der Waals surface area contributed by atoms with E-state index in [0.29, 0.717) is 31.4 Å². The number of ether oxygens (including phenoxy) is 2. The van der Waals surface area contributed by atoms with Gasteiger partial charge in [0.2, 0.25) is 5.89 Å². The molecule has 3 rings (SSSR count). The molecule has 0 saturated carbocycles. The van der Waals surface area contributed by atoms with Crippen molar-refractivity contribution in [2.45, 2.75) is 13.0 Å². The number of oxazole rings is 1. The average Bonchev–Trinajstić information content (AvgIpc) is 3.23. The SMILES string of the molecule is COC[C@@H]1CCN(C(=O)c2coc(COc3ccc(F)cc3Cl)n2)C1. The van der Waals surface area contributed by atoms with Crippen LogP contribution in [0.2, 0.25) is 5.02 Å². The van der Waals surface area contributed by atoms with Crippen molar-refractivity contribution in [1.82, 2.24) is 9.88 Å². The molecule has 1 aromatic carbocycles. The van der Waals surface area contributed by atoms with Gasteiger partial charge in [-0.1, -0.05) is 11.6 Å². The van der Waals surface area contributed by atoms with Crippen LogP contribution in [0.4, 0.5) is 4.39 Å². The van der Waals surface area contributed by atoms with Crippen LogP contribution in [0.25, 0.3) is 0 Å². The molecule has 0 bridgehead atoms. The van der Waals surface area contributed by atoms with Gasteiger partial charge < -0.3 is 18.8 Å². The summed E-state index contributed by atoms with van der Waals surface area (Å²) in [5.74, 6) is 0.295. The van der Waals surface area contributed by atoms with Crippen LogP contribution in [0.5, 0.6) is 5.75 Å². The fourth-order valence-electron chi connectivity index (χ4n) is 2.76. The van der Waals surface area contributed by atoms with E-state index in [1.165, 1.54) is 18.4 Å². The Bertz CT molecular complexity index is 752. The number of benzene rings is 1. The van der Waals surface area contributed by atoms with E-state index in [1.807, 2.05) is 0 Å². The lowest BCUT2D eigenvalue weighted by molar-refractivity contribution is 0.0769. The maximum atomic E-state index is 13.0. The van der Waals surface area contributed by atoms with Crippen molar-refractivity contribution in [3.63, 3.8) is 0 Å². The number of halogens is 2. The molecule has 6 nitrogen and oxygen atoms in total. The summed E-state index contributed by atoms with van der Waals surface area (Å²) in [6.07, 6.45) is 2.23. The van der Waals surface area contributed by atoms with Crippen LogP contribution in [0.15, 0.2) is 28.9 Å². The minimum absolute atomic E-state index is 0.00900. The van der Waals surface area contributed by atoms with Crippen molar-refractivity contribution in [3.8, 4) is 5.75 Å². The number of aromatic nitrogens is 1. The first-order chi connectivity index (χ1) is 12.1. The largest absolute Gasteiger partial charge is 0.482 e. The van der Waals surface area contributed by atoms with Crippen molar-refractivity contribution in [2.75, 3.05) is 26.8 Å². The molecule has 134 valence electrons. The molecule has 2 aromatic rings. The van der Waals surface area contributed by atoms with E-state index >= 15 is 0 Å². The number of amides is 1. The molecule has 0 radical (unpaired) electrons. The lowest BCUT2D eigenvalue weighted by Crippen LogP contribution is -2.29. The maximum absolute atomic E-state index is 13.0. The van der Waals surface area contributed by atoms with Gasteiger partial charge in [0.05, 0.1) is 11.6 Å². The highest BCUT2D eigenvalue weighted by molar-refractivity contribution is 6.32. The molecular formula is C17H18ClFN2O4. The highest BCUT2D eigenvalue weighted by Gasteiger charge is 2.28. The fraction of sp³-hybridized carbons (Fsp3) is 0.412. The number of rotatable bonds is 6. The van der Waals surface area contributed by atoms with Gasteiger partial charge in [-0.05, 0) is 24.6 Å². The summed E-state index contributed by atoms with van der Waals surface area (Å²) in [6, 6.07) is 3.83. The van der Waals surface area contributed by atoms with Crippen LogP contribution in [0, 0.1) is 11.7 Å². The topological polar surface area (TPSA) is 64.8 Å². The Hall–Kier alpha value is -2.12. The van der Waals surface area contributed by atoms with Crippen LogP contribution in [-0.2, 0) is 11.3 Å². The van der Waals surface area contributed by atoms with Crippen LogP contribution in [0.1, 0.15) is 22.8 Å². The summed E-state index contributed by atoms with van der Waals surface area (Å²) in [5, 5.41) is 0.157. The number of carbonyl (C=O) groups is 1. The predicted octanol–water partition coefficient (Wildman–Crippen LogP) is 3.15. The maximum Gasteiger partial charge on any atom is 0.275 e. The van der Waals surface area contributed by atoms with E-state index in [2.05, 4.69) is 4.98 Å². The van der Waals surface area contributed by atoms with Gasteiger partial charge in [0, 0.05) is 26.1 Å². The van der Waals surface area contributed by atoms with Gasteiger partial charge in [0.1, 0.15) is 17.8 Å². The summed E-state index contributed by atoms with van der Waals surface area (Å²) in [6.45, 7) is 1.96. The Balaban J connectivity index is 1.58. The molecule has 0 aliphatic carbocycles. The van der Waals surface area contributed by atoms with Crippen molar-refractivity contribution in [1.29, 1.82) is 0 Å². The number of carbonyl (C=O) groups excluding carboxylic acids is 1. The van der Waals surface area contributed by atoms with Crippen LogP contribution < -0.4 is 4.74 Å². The number of methoxy groups -OCH3 is 1. The summed E-state index contributed by atoms with van der Waals surface area (Å²) < 4.78 is 28.9. The molecule has 1 saturated heterocycles. The Labute approximate surface area is 149 Å². The standard InChI is InChI=1S/C17H18ClFN2O4/c1-23-8-11-4-5-21(7-11)17(22)14-9-25-16(20-14)10-24-15-3-2-12(19)6-13(15)18/h2-3,6,9,11H,4-5,7-8,10H2,1H3/t11-/m1/s1. The molecule has 25 heavy (non-hydrogen) atoms. The summed E-state index contributed by atoms with van der Waals surface area (Å²) in [5.41, 5.74) is 0.238. The van der Waals surface area contributed by atoms with Crippen molar-refractivity contribution < 1.29 is 23.1 Å². The monoisotopic (exact) mass is 368 g/mol. The summed E-state index contributed by atoms with van der Waals surface area (Å²) >= 11 is 5.89. The van der Waals surface area contributed by atoms with Crippen molar-refractivity contribution in [2.24, 2.45) is 5.92 Å². The summed E-state index contributed by atoms with van der Waals surface area (Å²) in [7, 11) is 1.65. The van der Waals surface area contributed by atoms with Gasteiger partial charge in [-0.3, -0.25) is 4.79 Å². The average molecular weight is 369 g/mol. The van der Waals surface area contributed by atoms with Gasteiger partial charge in [-0.25, -0.2) is 9.37 Å². The van der Waals surface area contributed by atoms with Gasteiger partial charge >= 0.3 is 0 Å². The number of nitrogens with zero attached hydrogens (tertiary/aromatic N) is 2. The lowest BCUT2D eigenvalue weighted by Gasteiger charge is -2.14. The molecule has 1 amide bonds. The molecule has 0 unspecified atom stereocenters. The quantitative estimate of drug-likeness (QED) is 0.783. The first-order valence-corrected chi connectivity index (χ1v) is 8.25. The van der Waals surface area contributed by atoms with Crippen molar-refractivity contribution in [3.05, 3.63) is 46.9 Å². The molecule has 2 heterocycles. The molecule has 1 fully saturated rings. The fourth-order valence-corrected chi connectivity index (χ4v) is 2.98. The Morgan fingerprint density at radius 2 is 2.36 bits per heavy atom. The zero-order valence-electron chi connectivity index (χ0n) is 13.7. The third-order valence-corrected chi connectivity index (χ3v) is 4.29. The third kappa shape index (κ3) is 4.29. The first-order valence-electron chi connectivity index (χ1n) is 7.87. The molecule has 1 aliphatic rings. The van der Waals surface area contributed by atoms with Crippen molar-refractivity contribution >= 4 is 17.5 Å². The number of hydrogen-bond donors (Lipinski definition) is 0. The second-order valence-corrected chi connectivity index (χ2v) is 6.26. The van der Waals surface area contributed by atoms with E-state index in [9.17, 15) is 9.18 Å². The Kier molecular flexibility index (Phi) is 5.55. The van der Waals surface area contributed by atoms with Crippen LogP contribution in [-0.4, -0.2) is 42.6 Å². The van der Waals surface area contributed by atoms with E-state index in [0.717, 1.165) is 12.5 Å². The van der Waals surface area contributed by atoms with Gasteiger partial charge in [-0.15, -0.1) is 0 Å². The zero-order chi connectivity index (χ0) is 17.8. The zero-order valence-corrected chi connectivity index (χ0v) is 14.5. The van der Waals surface area contributed by atoms with Gasteiger partial charge in [0.15, 0.2) is 12.3 Å². The van der Waals surface area contributed by atoms with Gasteiger partial charge in [0.25, 0.3) is 5.91 Å².